The number of likely N-dealkylation sites (N-methyl/N-ethyl adjacent to an activating group) is 1. The molecule has 1 aliphatic rings. The summed E-state index contributed by atoms with van der Waals surface area (Å²) in [5.74, 6) is 0.791. The Morgan fingerprint density at radius 3 is 2.15 bits per heavy atom. The number of carbonyl (C=O) groups excluding carboxylic acids is 1. The molecule has 26 heavy (non-hydrogen) atoms. The molecule has 2 aromatic carbocycles. The van der Waals surface area contributed by atoms with Gasteiger partial charge in [0.15, 0.2) is 0 Å². The van der Waals surface area contributed by atoms with Crippen molar-refractivity contribution in [2.45, 2.75) is 0 Å². The Bertz CT molecular complexity index is 824. The first kappa shape index (κ1) is 16.5. The monoisotopic (exact) mass is 346 g/mol. The average Bonchev–Trinajstić information content (AvgIpc) is 3.15. The average molecular weight is 346 g/mol. The summed E-state index contributed by atoms with van der Waals surface area (Å²) in [4.78, 5) is 21.8. The second kappa shape index (κ2) is 7.14. The van der Waals surface area contributed by atoms with Gasteiger partial charge in [-0.3, -0.25) is 9.36 Å². The second-order valence-corrected chi connectivity index (χ2v) is 6.62. The van der Waals surface area contributed by atoms with E-state index in [1.807, 2.05) is 76.3 Å². The van der Waals surface area contributed by atoms with Crippen LogP contribution in [0.2, 0.25) is 0 Å². The Morgan fingerprint density at radius 2 is 1.50 bits per heavy atom. The molecule has 1 amide bonds. The number of para-hydroxylation sites is 1. The van der Waals surface area contributed by atoms with Gasteiger partial charge in [0, 0.05) is 43.6 Å². The molecule has 0 spiro atoms. The number of imidazole rings is 1. The number of amides is 1. The van der Waals surface area contributed by atoms with Crippen LogP contribution in [-0.2, 0) is 0 Å². The minimum absolute atomic E-state index is 0.00459. The summed E-state index contributed by atoms with van der Waals surface area (Å²) < 4.78 is 2.00. The summed E-state index contributed by atoms with van der Waals surface area (Å²) in [6.07, 6.45) is 1.86. The summed E-state index contributed by atoms with van der Waals surface area (Å²) >= 11 is 0. The number of hydrogen-bond donors (Lipinski definition) is 0. The lowest BCUT2D eigenvalue weighted by Gasteiger charge is -2.31. The largest absolute Gasteiger partial charge is 0.335 e. The summed E-state index contributed by atoms with van der Waals surface area (Å²) in [6.45, 7) is 3.29. The second-order valence-electron chi connectivity index (χ2n) is 6.62. The third kappa shape index (κ3) is 3.26. The van der Waals surface area contributed by atoms with E-state index in [1.165, 1.54) is 0 Å². The quantitative estimate of drug-likeness (QED) is 0.732. The first-order chi connectivity index (χ1) is 12.7. The Labute approximate surface area is 153 Å². The summed E-state index contributed by atoms with van der Waals surface area (Å²) in [6, 6.07) is 20.0. The topological polar surface area (TPSA) is 41.4 Å². The van der Waals surface area contributed by atoms with E-state index in [9.17, 15) is 4.79 Å². The first-order valence-electron chi connectivity index (χ1n) is 8.90. The zero-order valence-corrected chi connectivity index (χ0v) is 14.9. The molecule has 4 rings (SSSR count). The van der Waals surface area contributed by atoms with E-state index in [1.54, 1.807) is 0 Å². The van der Waals surface area contributed by atoms with Crippen LogP contribution in [0.3, 0.4) is 0 Å². The van der Waals surface area contributed by atoms with Crippen molar-refractivity contribution >= 4 is 5.91 Å². The highest BCUT2D eigenvalue weighted by atomic mass is 16.2. The molecular weight excluding hydrogens is 324 g/mol. The van der Waals surface area contributed by atoms with Crippen LogP contribution < -0.4 is 0 Å². The lowest BCUT2D eigenvalue weighted by atomic mass is 10.2. The van der Waals surface area contributed by atoms with Gasteiger partial charge in [-0.25, -0.2) is 4.98 Å². The lowest BCUT2D eigenvalue weighted by Crippen LogP contribution is -2.47. The zero-order valence-electron chi connectivity index (χ0n) is 14.9. The minimum Gasteiger partial charge on any atom is -0.335 e. The van der Waals surface area contributed by atoms with Crippen molar-refractivity contribution in [2.24, 2.45) is 0 Å². The molecule has 0 aliphatic carbocycles. The number of piperazine rings is 1. The van der Waals surface area contributed by atoms with E-state index in [4.69, 9.17) is 4.98 Å². The number of aromatic nitrogens is 2. The van der Waals surface area contributed by atoms with Gasteiger partial charge in [0.25, 0.3) is 5.91 Å². The molecule has 0 N–H and O–H groups in total. The fraction of sp³-hybridized carbons (Fsp3) is 0.238. The number of benzene rings is 2. The number of hydrogen-bond acceptors (Lipinski definition) is 3. The molecule has 2 heterocycles. The Morgan fingerprint density at radius 1 is 0.885 bits per heavy atom. The molecule has 0 atom stereocenters. The molecule has 1 aliphatic heterocycles. The van der Waals surface area contributed by atoms with Crippen molar-refractivity contribution in [2.75, 3.05) is 33.2 Å². The van der Waals surface area contributed by atoms with Crippen LogP contribution in [0.1, 0.15) is 10.5 Å². The third-order valence-electron chi connectivity index (χ3n) is 4.78. The normalized spacial score (nSPS) is 15.2. The summed E-state index contributed by atoms with van der Waals surface area (Å²) in [5.41, 5.74) is 2.49. The molecule has 132 valence electrons. The van der Waals surface area contributed by atoms with Crippen LogP contribution in [0, 0.1) is 0 Å². The highest BCUT2D eigenvalue weighted by Crippen LogP contribution is 2.23. The van der Waals surface area contributed by atoms with Gasteiger partial charge >= 0.3 is 0 Å². The van der Waals surface area contributed by atoms with Crippen LogP contribution in [-0.4, -0.2) is 58.5 Å². The number of carbonyl (C=O) groups is 1. The van der Waals surface area contributed by atoms with Crippen LogP contribution in [0.4, 0.5) is 0 Å². The molecule has 3 aromatic rings. The van der Waals surface area contributed by atoms with Crippen molar-refractivity contribution in [3.05, 3.63) is 72.6 Å². The van der Waals surface area contributed by atoms with Crippen molar-refractivity contribution in [3.8, 4) is 17.1 Å². The van der Waals surface area contributed by atoms with E-state index < -0.39 is 0 Å². The predicted octanol–water partition coefficient (Wildman–Crippen LogP) is 2.93. The molecular formula is C21H22N4O. The van der Waals surface area contributed by atoms with Gasteiger partial charge in [0.2, 0.25) is 0 Å². The Kier molecular flexibility index (Phi) is 4.54. The molecule has 1 saturated heterocycles. The molecule has 0 bridgehead atoms. The molecule has 0 saturated carbocycles. The van der Waals surface area contributed by atoms with Crippen LogP contribution in [0.15, 0.2) is 66.9 Å². The van der Waals surface area contributed by atoms with E-state index in [-0.39, 0.29) is 5.91 Å². The highest BCUT2D eigenvalue weighted by Gasteiger charge is 2.24. The summed E-state index contributed by atoms with van der Waals surface area (Å²) in [5, 5.41) is 0. The number of rotatable bonds is 3. The number of nitrogens with zero attached hydrogens (tertiary/aromatic N) is 4. The van der Waals surface area contributed by atoms with Crippen LogP contribution in [0.25, 0.3) is 17.1 Å². The highest BCUT2D eigenvalue weighted by molar-refractivity contribution is 5.93. The smallest absolute Gasteiger partial charge is 0.274 e. The first-order valence-corrected chi connectivity index (χ1v) is 8.90. The van der Waals surface area contributed by atoms with Crippen LogP contribution in [0.5, 0.6) is 0 Å². The van der Waals surface area contributed by atoms with E-state index >= 15 is 0 Å². The molecule has 0 unspecified atom stereocenters. The zero-order chi connectivity index (χ0) is 17.9. The van der Waals surface area contributed by atoms with E-state index in [0.717, 1.165) is 43.3 Å². The van der Waals surface area contributed by atoms with Gasteiger partial charge in [-0.2, -0.15) is 0 Å². The molecule has 5 nitrogen and oxygen atoms in total. The molecule has 5 heteroatoms. The van der Waals surface area contributed by atoms with Gasteiger partial charge in [-0.05, 0) is 19.2 Å². The van der Waals surface area contributed by atoms with Crippen molar-refractivity contribution in [1.82, 2.24) is 19.4 Å². The van der Waals surface area contributed by atoms with Gasteiger partial charge in [-0.15, -0.1) is 0 Å². The van der Waals surface area contributed by atoms with Gasteiger partial charge in [-0.1, -0.05) is 48.5 Å². The van der Waals surface area contributed by atoms with Crippen LogP contribution >= 0.6 is 0 Å². The SMILES string of the molecule is CN1CCN(C(=O)c2cn(-c3ccccc3)c(-c3ccccc3)n2)CC1. The standard InChI is InChI=1S/C21H22N4O/c1-23-12-14-24(15-13-23)21(26)19-16-25(18-10-6-3-7-11-18)20(22-19)17-8-4-2-5-9-17/h2-11,16H,12-15H2,1H3. The van der Waals surface area contributed by atoms with Crippen molar-refractivity contribution in [3.63, 3.8) is 0 Å². The van der Waals surface area contributed by atoms with Gasteiger partial charge in [0.1, 0.15) is 11.5 Å². The maximum absolute atomic E-state index is 13.0. The Balaban J connectivity index is 1.73. The summed E-state index contributed by atoms with van der Waals surface area (Å²) in [7, 11) is 2.08. The molecule has 0 radical (unpaired) electrons. The predicted molar refractivity (Wildman–Crippen MR) is 102 cm³/mol. The third-order valence-corrected chi connectivity index (χ3v) is 4.78. The minimum atomic E-state index is 0.00459. The molecule has 1 fully saturated rings. The van der Waals surface area contributed by atoms with E-state index in [2.05, 4.69) is 11.9 Å². The lowest BCUT2D eigenvalue weighted by molar-refractivity contribution is 0.0659. The Hall–Kier alpha value is -2.92. The van der Waals surface area contributed by atoms with Gasteiger partial charge in [0.05, 0.1) is 0 Å². The molecule has 1 aromatic heterocycles. The fourth-order valence-electron chi connectivity index (χ4n) is 3.23. The van der Waals surface area contributed by atoms with Crippen molar-refractivity contribution < 1.29 is 4.79 Å². The maximum Gasteiger partial charge on any atom is 0.274 e. The van der Waals surface area contributed by atoms with E-state index in [0.29, 0.717) is 5.69 Å². The fourth-order valence-corrected chi connectivity index (χ4v) is 3.23. The maximum atomic E-state index is 13.0. The van der Waals surface area contributed by atoms with Crippen molar-refractivity contribution in [1.29, 1.82) is 0 Å². The van der Waals surface area contributed by atoms with Gasteiger partial charge < -0.3 is 9.80 Å².